The smallest absolute Gasteiger partial charge is 0.412 e. The molecule has 0 atom stereocenters. The Morgan fingerprint density at radius 3 is 2.26 bits per heavy atom. The highest BCUT2D eigenvalue weighted by Crippen LogP contribution is 2.29. The van der Waals surface area contributed by atoms with Gasteiger partial charge >= 0.3 is 6.09 Å². The van der Waals surface area contributed by atoms with Gasteiger partial charge in [0.1, 0.15) is 11.2 Å². The van der Waals surface area contributed by atoms with E-state index in [1.54, 1.807) is 6.07 Å². The van der Waals surface area contributed by atoms with Crippen molar-refractivity contribution in [2.45, 2.75) is 45.8 Å². The van der Waals surface area contributed by atoms with E-state index in [-0.39, 0.29) is 0 Å². The number of carbonyl (C=O) groups excluding carboxylic acids is 1. The molecule has 0 bridgehead atoms. The van der Waals surface area contributed by atoms with Crippen LogP contribution >= 0.6 is 0 Å². The Hall–Kier alpha value is -1.59. The molecule has 3 N–H and O–H groups in total. The van der Waals surface area contributed by atoms with Gasteiger partial charge in [0.05, 0.1) is 5.69 Å². The molecule has 5 nitrogen and oxygen atoms in total. The van der Waals surface area contributed by atoms with E-state index in [1.807, 2.05) is 52.8 Å². The Morgan fingerprint density at radius 1 is 1.16 bits per heavy atom. The standard InChI is InChI=1S/C14H22N2O3/c1-13(2,3)18-12(17)16-11-9-7-6-8-10(11)14(4,5)19-15/h6-9H,15H2,1-5H3,(H,16,17). The molecule has 0 unspecified atom stereocenters. The Kier molecular flexibility index (Phi) is 4.55. The number of hydrogen-bond acceptors (Lipinski definition) is 4. The Bertz CT molecular complexity index is 450. The number of amides is 1. The summed E-state index contributed by atoms with van der Waals surface area (Å²) in [7, 11) is 0. The third kappa shape index (κ3) is 4.54. The number of anilines is 1. The highest BCUT2D eigenvalue weighted by Gasteiger charge is 2.25. The third-order valence-corrected chi connectivity index (χ3v) is 2.51. The topological polar surface area (TPSA) is 73.6 Å². The summed E-state index contributed by atoms with van der Waals surface area (Å²) in [5.41, 5.74) is 0.153. The molecule has 1 aromatic carbocycles. The first-order valence-corrected chi connectivity index (χ1v) is 6.13. The van der Waals surface area contributed by atoms with Gasteiger partial charge in [-0.3, -0.25) is 10.2 Å². The van der Waals surface area contributed by atoms with Crippen LogP contribution in [0.15, 0.2) is 24.3 Å². The van der Waals surface area contributed by atoms with Crippen LogP contribution in [-0.4, -0.2) is 11.7 Å². The monoisotopic (exact) mass is 266 g/mol. The first-order chi connectivity index (χ1) is 8.65. The fourth-order valence-electron chi connectivity index (χ4n) is 1.59. The minimum atomic E-state index is -0.703. The zero-order valence-corrected chi connectivity index (χ0v) is 12.1. The summed E-state index contributed by atoms with van der Waals surface area (Å²) in [4.78, 5) is 16.7. The van der Waals surface area contributed by atoms with Crippen molar-refractivity contribution in [3.05, 3.63) is 29.8 Å². The second kappa shape index (κ2) is 5.59. The van der Waals surface area contributed by atoms with Crippen molar-refractivity contribution >= 4 is 11.8 Å². The molecule has 0 saturated heterocycles. The molecule has 19 heavy (non-hydrogen) atoms. The molecular weight excluding hydrogens is 244 g/mol. The Labute approximate surface area is 114 Å². The van der Waals surface area contributed by atoms with Gasteiger partial charge in [0.2, 0.25) is 0 Å². The van der Waals surface area contributed by atoms with E-state index >= 15 is 0 Å². The fourth-order valence-corrected chi connectivity index (χ4v) is 1.59. The van der Waals surface area contributed by atoms with Crippen LogP contribution < -0.4 is 11.2 Å². The Morgan fingerprint density at radius 2 is 1.74 bits per heavy atom. The summed E-state index contributed by atoms with van der Waals surface area (Å²) in [5.74, 6) is 5.30. The highest BCUT2D eigenvalue weighted by atomic mass is 16.6. The van der Waals surface area contributed by atoms with Gasteiger partial charge in [-0.25, -0.2) is 10.7 Å². The summed E-state index contributed by atoms with van der Waals surface area (Å²) in [5, 5.41) is 2.71. The normalized spacial score (nSPS) is 12.1. The number of hydrogen-bond donors (Lipinski definition) is 2. The maximum absolute atomic E-state index is 11.8. The van der Waals surface area contributed by atoms with Crippen molar-refractivity contribution in [2.75, 3.05) is 5.32 Å². The minimum absolute atomic E-state index is 0.507. The van der Waals surface area contributed by atoms with Gasteiger partial charge in [0, 0.05) is 5.56 Å². The largest absolute Gasteiger partial charge is 0.444 e. The van der Waals surface area contributed by atoms with Gasteiger partial charge in [0.25, 0.3) is 0 Å². The van der Waals surface area contributed by atoms with Crippen molar-refractivity contribution < 1.29 is 14.4 Å². The van der Waals surface area contributed by atoms with Crippen LogP contribution in [0.25, 0.3) is 0 Å². The Balaban J connectivity index is 2.94. The molecule has 1 amide bonds. The summed E-state index contributed by atoms with van der Waals surface area (Å²) in [6, 6.07) is 7.30. The lowest BCUT2D eigenvalue weighted by molar-refractivity contribution is -0.0231. The molecule has 0 heterocycles. The highest BCUT2D eigenvalue weighted by molar-refractivity contribution is 5.86. The lowest BCUT2D eigenvalue weighted by Crippen LogP contribution is -2.30. The van der Waals surface area contributed by atoms with E-state index < -0.39 is 17.3 Å². The first-order valence-electron chi connectivity index (χ1n) is 6.13. The van der Waals surface area contributed by atoms with E-state index in [0.717, 1.165) is 5.56 Å². The van der Waals surface area contributed by atoms with Crippen LogP contribution in [-0.2, 0) is 15.2 Å². The lowest BCUT2D eigenvalue weighted by Gasteiger charge is -2.26. The van der Waals surface area contributed by atoms with Gasteiger partial charge in [-0.05, 0) is 40.7 Å². The van der Waals surface area contributed by atoms with Crippen molar-refractivity contribution in [1.82, 2.24) is 0 Å². The van der Waals surface area contributed by atoms with Crippen molar-refractivity contribution in [3.63, 3.8) is 0 Å². The number of para-hydroxylation sites is 1. The molecule has 0 spiro atoms. The predicted octanol–water partition coefficient (Wildman–Crippen LogP) is 3.16. The number of carbonyl (C=O) groups is 1. The molecule has 0 aliphatic heterocycles. The van der Waals surface area contributed by atoms with E-state index in [2.05, 4.69) is 5.32 Å². The van der Waals surface area contributed by atoms with E-state index in [1.165, 1.54) is 0 Å². The molecule has 106 valence electrons. The lowest BCUT2D eigenvalue weighted by atomic mass is 9.96. The van der Waals surface area contributed by atoms with Gasteiger partial charge in [-0.15, -0.1) is 0 Å². The summed E-state index contributed by atoms with van der Waals surface area (Å²) in [6.45, 7) is 9.08. The fraction of sp³-hybridized carbons (Fsp3) is 0.500. The van der Waals surface area contributed by atoms with Crippen LogP contribution in [0.2, 0.25) is 0 Å². The van der Waals surface area contributed by atoms with Gasteiger partial charge in [-0.1, -0.05) is 18.2 Å². The average Bonchev–Trinajstić information content (AvgIpc) is 2.27. The number of rotatable bonds is 3. The summed E-state index contributed by atoms with van der Waals surface area (Å²) < 4.78 is 5.22. The average molecular weight is 266 g/mol. The number of benzene rings is 1. The molecule has 0 fully saturated rings. The van der Waals surface area contributed by atoms with Crippen molar-refractivity contribution in [1.29, 1.82) is 0 Å². The van der Waals surface area contributed by atoms with Crippen LogP contribution in [0.3, 0.4) is 0 Å². The van der Waals surface area contributed by atoms with Crippen LogP contribution in [0.1, 0.15) is 40.2 Å². The zero-order chi connectivity index (χ0) is 14.7. The van der Waals surface area contributed by atoms with Crippen molar-refractivity contribution in [2.24, 2.45) is 5.90 Å². The molecule has 1 rings (SSSR count). The minimum Gasteiger partial charge on any atom is -0.444 e. The van der Waals surface area contributed by atoms with Gasteiger partial charge in [-0.2, -0.15) is 0 Å². The number of nitrogens with two attached hydrogens (primary N) is 1. The molecular formula is C14H22N2O3. The molecule has 0 aromatic heterocycles. The maximum Gasteiger partial charge on any atom is 0.412 e. The second-order valence-electron chi connectivity index (χ2n) is 5.80. The van der Waals surface area contributed by atoms with Crippen LogP contribution in [0.5, 0.6) is 0 Å². The first kappa shape index (κ1) is 15.5. The quantitative estimate of drug-likeness (QED) is 0.824. The van der Waals surface area contributed by atoms with Gasteiger partial charge < -0.3 is 4.74 Å². The molecule has 1 aromatic rings. The molecule has 0 aliphatic carbocycles. The van der Waals surface area contributed by atoms with E-state index in [4.69, 9.17) is 15.5 Å². The predicted molar refractivity (Wildman–Crippen MR) is 74.6 cm³/mol. The van der Waals surface area contributed by atoms with E-state index in [0.29, 0.717) is 5.69 Å². The number of nitrogens with one attached hydrogen (secondary N) is 1. The van der Waals surface area contributed by atoms with Crippen molar-refractivity contribution in [3.8, 4) is 0 Å². The maximum atomic E-state index is 11.8. The molecule has 0 radical (unpaired) electrons. The summed E-state index contributed by atoms with van der Waals surface area (Å²) >= 11 is 0. The summed E-state index contributed by atoms with van der Waals surface area (Å²) in [6.07, 6.45) is -0.507. The van der Waals surface area contributed by atoms with Crippen LogP contribution in [0, 0.1) is 0 Å². The molecule has 0 aliphatic rings. The number of ether oxygens (including phenoxy) is 1. The van der Waals surface area contributed by atoms with Gasteiger partial charge in [0.15, 0.2) is 0 Å². The third-order valence-electron chi connectivity index (χ3n) is 2.51. The zero-order valence-electron chi connectivity index (χ0n) is 12.1. The van der Waals surface area contributed by atoms with Crippen LogP contribution in [0.4, 0.5) is 10.5 Å². The van der Waals surface area contributed by atoms with E-state index in [9.17, 15) is 4.79 Å². The molecule has 5 heteroatoms. The second-order valence-corrected chi connectivity index (χ2v) is 5.80. The molecule has 0 saturated carbocycles. The SMILES string of the molecule is CC(C)(C)OC(=O)Nc1ccccc1C(C)(C)ON.